The molecule has 1 N–H and O–H groups in total. The predicted molar refractivity (Wildman–Crippen MR) is 81.4 cm³/mol. The Bertz CT molecular complexity index is 634. The summed E-state index contributed by atoms with van der Waals surface area (Å²) in [6.07, 6.45) is 0. The van der Waals surface area contributed by atoms with E-state index >= 15 is 0 Å². The van der Waals surface area contributed by atoms with Gasteiger partial charge in [0.25, 0.3) is 0 Å². The number of aryl methyl sites for hydroxylation is 1. The molecule has 2 aromatic rings. The van der Waals surface area contributed by atoms with E-state index in [9.17, 15) is 9.90 Å². The molecule has 2 nitrogen and oxygen atoms in total. The third-order valence-corrected chi connectivity index (χ3v) is 3.45. The Morgan fingerprint density at radius 2 is 1.65 bits per heavy atom. The average molecular weight is 268 g/mol. The Labute approximate surface area is 120 Å². The lowest BCUT2D eigenvalue weighted by Crippen LogP contribution is -2.13. The zero-order valence-corrected chi connectivity index (χ0v) is 12.4. The lowest BCUT2D eigenvalue weighted by molar-refractivity contribution is 0.103. The third-order valence-electron chi connectivity index (χ3n) is 3.45. The number of ketones is 1. The van der Waals surface area contributed by atoms with Gasteiger partial charge in [-0.3, -0.25) is 4.79 Å². The van der Waals surface area contributed by atoms with Crippen LogP contribution in [-0.2, 0) is 5.41 Å². The van der Waals surface area contributed by atoms with Crippen molar-refractivity contribution in [2.24, 2.45) is 0 Å². The maximum atomic E-state index is 12.5. The highest BCUT2D eigenvalue weighted by atomic mass is 16.3. The van der Waals surface area contributed by atoms with E-state index in [4.69, 9.17) is 0 Å². The van der Waals surface area contributed by atoms with Gasteiger partial charge in [-0.15, -0.1) is 0 Å². The fourth-order valence-corrected chi connectivity index (χ4v) is 2.13. The maximum absolute atomic E-state index is 12.5. The molecule has 0 bridgehead atoms. The van der Waals surface area contributed by atoms with Crippen molar-refractivity contribution in [2.45, 2.75) is 33.1 Å². The fourth-order valence-electron chi connectivity index (χ4n) is 2.13. The number of aromatic hydroxyl groups is 1. The van der Waals surface area contributed by atoms with E-state index in [0.717, 1.165) is 11.1 Å². The van der Waals surface area contributed by atoms with Crippen LogP contribution in [0.2, 0.25) is 0 Å². The van der Waals surface area contributed by atoms with E-state index in [0.29, 0.717) is 11.1 Å². The summed E-state index contributed by atoms with van der Waals surface area (Å²) in [5, 5.41) is 10.2. The molecule has 0 unspecified atom stereocenters. The zero-order chi connectivity index (χ0) is 14.9. The van der Waals surface area contributed by atoms with Crippen LogP contribution in [-0.4, -0.2) is 10.9 Å². The number of phenolic OH excluding ortho intramolecular Hbond substituents is 1. The lowest BCUT2D eigenvalue weighted by atomic mass is 9.84. The normalized spacial score (nSPS) is 11.4. The van der Waals surface area contributed by atoms with Crippen LogP contribution in [0.5, 0.6) is 5.75 Å². The molecule has 2 rings (SSSR count). The molecule has 0 aromatic heterocycles. The summed E-state index contributed by atoms with van der Waals surface area (Å²) in [7, 11) is 0. The van der Waals surface area contributed by atoms with Gasteiger partial charge in [0, 0.05) is 5.56 Å². The Hall–Kier alpha value is -2.09. The summed E-state index contributed by atoms with van der Waals surface area (Å²) in [6.45, 7) is 8.10. The molecule has 0 fully saturated rings. The minimum atomic E-state index is -0.141. The second-order valence-electron chi connectivity index (χ2n) is 6.13. The van der Waals surface area contributed by atoms with Gasteiger partial charge < -0.3 is 5.11 Å². The van der Waals surface area contributed by atoms with E-state index in [1.165, 1.54) is 0 Å². The van der Waals surface area contributed by atoms with Gasteiger partial charge in [-0.1, -0.05) is 57.2 Å². The van der Waals surface area contributed by atoms with Crippen LogP contribution in [0.4, 0.5) is 0 Å². The van der Waals surface area contributed by atoms with Crippen LogP contribution in [0, 0.1) is 6.92 Å². The molecule has 0 saturated carbocycles. The Kier molecular flexibility index (Phi) is 3.67. The molecule has 0 radical (unpaired) electrons. The predicted octanol–water partition coefficient (Wildman–Crippen LogP) is 4.23. The molecule has 0 saturated heterocycles. The monoisotopic (exact) mass is 268 g/mol. The first kappa shape index (κ1) is 14.3. The topological polar surface area (TPSA) is 37.3 Å². The van der Waals surface area contributed by atoms with E-state index in [2.05, 4.69) is 20.8 Å². The molecule has 0 aliphatic heterocycles. The molecule has 104 valence electrons. The minimum Gasteiger partial charge on any atom is -0.507 e. The standard InChI is InChI=1S/C18H20O2/c1-12-10-14(18(2,3)4)11-15(16(12)19)17(20)13-8-6-5-7-9-13/h5-11,19H,1-4H3. The van der Waals surface area contributed by atoms with E-state index in [1.54, 1.807) is 18.2 Å². The van der Waals surface area contributed by atoms with Gasteiger partial charge in [0.15, 0.2) is 5.78 Å². The molecule has 0 atom stereocenters. The summed E-state index contributed by atoms with van der Waals surface area (Å²) >= 11 is 0. The number of rotatable bonds is 2. The van der Waals surface area contributed by atoms with Gasteiger partial charge in [0.1, 0.15) is 5.75 Å². The SMILES string of the molecule is Cc1cc(C(C)(C)C)cc(C(=O)c2ccccc2)c1O. The fraction of sp³-hybridized carbons (Fsp3) is 0.278. The Balaban J connectivity index is 2.57. The Morgan fingerprint density at radius 3 is 2.20 bits per heavy atom. The van der Waals surface area contributed by atoms with Crippen LogP contribution in [0.3, 0.4) is 0 Å². The van der Waals surface area contributed by atoms with Crippen molar-refractivity contribution >= 4 is 5.78 Å². The van der Waals surface area contributed by atoms with Crippen LogP contribution < -0.4 is 0 Å². The van der Waals surface area contributed by atoms with Gasteiger partial charge in [-0.05, 0) is 29.5 Å². The van der Waals surface area contributed by atoms with Crippen LogP contribution in [0.1, 0.15) is 47.8 Å². The molecule has 0 spiro atoms. The molecule has 2 aromatic carbocycles. The van der Waals surface area contributed by atoms with E-state index < -0.39 is 0 Å². The van der Waals surface area contributed by atoms with Crippen molar-refractivity contribution in [3.63, 3.8) is 0 Å². The van der Waals surface area contributed by atoms with E-state index in [-0.39, 0.29) is 16.9 Å². The third kappa shape index (κ3) is 2.74. The largest absolute Gasteiger partial charge is 0.507 e. The number of carbonyl (C=O) groups excluding carboxylic acids is 1. The van der Waals surface area contributed by atoms with Crippen molar-refractivity contribution in [1.82, 2.24) is 0 Å². The second-order valence-corrected chi connectivity index (χ2v) is 6.13. The van der Waals surface area contributed by atoms with Gasteiger partial charge in [-0.2, -0.15) is 0 Å². The van der Waals surface area contributed by atoms with Crippen LogP contribution in [0.15, 0.2) is 42.5 Å². The number of phenols is 1. The summed E-state index contributed by atoms with van der Waals surface area (Å²) in [4.78, 5) is 12.5. The van der Waals surface area contributed by atoms with Crippen molar-refractivity contribution < 1.29 is 9.90 Å². The number of hydrogen-bond donors (Lipinski definition) is 1. The Morgan fingerprint density at radius 1 is 1.05 bits per heavy atom. The van der Waals surface area contributed by atoms with Crippen molar-refractivity contribution in [2.75, 3.05) is 0 Å². The molecule has 20 heavy (non-hydrogen) atoms. The van der Waals surface area contributed by atoms with Gasteiger partial charge in [0.2, 0.25) is 0 Å². The van der Waals surface area contributed by atoms with Crippen molar-refractivity contribution in [1.29, 1.82) is 0 Å². The molecule has 0 aliphatic rings. The smallest absolute Gasteiger partial charge is 0.196 e. The van der Waals surface area contributed by atoms with E-state index in [1.807, 2.05) is 31.2 Å². The zero-order valence-electron chi connectivity index (χ0n) is 12.4. The second kappa shape index (κ2) is 5.12. The van der Waals surface area contributed by atoms with Gasteiger partial charge in [0.05, 0.1) is 5.56 Å². The van der Waals surface area contributed by atoms with Crippen molar-refractivity contribution in [3.05, 3.63) is 64.7 Å². The summed E-state index contributed by atoms with van der Waals surface area (Å²) < 4.78 is 0. The molecule has 2 heteroatoms. The number of carbonyl (C=O) groups is 1. The highest BCUT2D eigenvalue weighted by Gasteiger charge is 2.21. The van der Waals surface area contributed by atoms with Crippen molar-refractivity contribution in [3.8, 4) is 5.75 Å². The van der Waals surface area contributed by atoms with Gasteiger partial charge in [-0.25, -0.2) is 0 Å². The molecule has 0 amide bonds. The highest BCUT2D eigenvalue weighted by Crippen LogP contribution is 2.31. The van der Waals surface area contributed by atoms with Gasteiger partial charge >= 0.3 is 0 Å². The van der Waals surface area contributed by atoms with Crippen LogP contribution in [0.25, 0.3) is 0 Å². The molecular formula is C18H20O2. The first-order valence-corrected chi connectivity index (χ1v) is 6.74. The number of benzene rings is 2. The minimum absolute atomic E-state index is 0.0653. The lowest BCUT2D eigenvalue weighted by Gasteiger charge is -2.21. The summed E-state index contributed by atoms with van der Waals surface area (Å²) in [6, 6.07) is 12.8. The quantitative estimate of drug-likeness (QED) is 0.828. The summed E-state index contributed by atoms with van der Waals surface area (Å²) in [5.41, 5.74) is 2.68. The first-order chi connectivity index (χ1) is 9.30. The first-order valence-electron chi connectivity index (χ1n) is 6.74. The maximum Gasteiger partial charge on any atom is 0.196 e. The molecular weight excluding hydrogens is 248 g/mol. The molecule has 0 heterocycles. The summed E-state index contributed by atoms with van der Waals surface area (Å²) in [5.74, 6) is -0.0656. The molecule has 0 aliphatic carbocycles. The highest BCUT2D eigenvalue weighted by molar-refractivity contribution is 6.11. The number of hydrogen-bond acceptors (Lipinski definition) is 2. The van der Waals surface area contributed by atoms with Crippen LogP contribution >= 0.6 is 0 Å². The average Bonchev–Trinajstić information content (AvgIpc) is 2.40.